The van der Waals surface area contributed by atoms with E-state index in [-0.39, 0.29) is 0 Å². The number of aromatic nitrogens is 1. The summed E-state index contributed by atoms with van der Waals surface area (Å²) in [5.74, 6) is 0. The van der Waals surface area contributed by atoms with E-state index < -0.39 is 0 Å². The highest BCUT2D eigenvalue weighted by molar-refractivity contribution is 7.16. The number of nitrogen functional groups attached to an aromatic ring is 1. The number of hydrogen-bond donors (Lipinski definition) is 1. The van der Waals surface area contributed by atoms with Gasteiger partial charge in [0, 0.05) is 13.1 Å². The van der Waals surface area contributed by atoms with Crippen LogP contribution in [-0.2, 0) is 0 Å². The van der Waals surface area contributed by atoms with E-state index in [4.69, 9.17) is 5.73 Å². The summed E-state index contributed by atoms with van der Waals surface area (Å²) in [6.07, 6.45) is 8.44. The Kier molecular flexibility index (Phi) is 2.88. The molecule has 20 heavy (non-hydrogen) atoms. The number of thiazole rings is 1. The molecule has 2 heterocycles. The molecule has 1 aliphatic heterocycles. The molecule has 1 saturated heterocycles. The summed E-state index contributed by atoms with van der Waals surface area (Å²) >= 11 is 1.66. The molecule has 0 bridgehead atoms. The smallest absolute Gasteiger partial charge is 0.106 e. The number of rotatable bonds is 1. The minimum Gasteiger partial charge on any atom is -0.395 e. The first kappa shape index (κ1) is 12.5. The van der Waals surface area contributed by atoms with Gasteiger partial charge >= 0.3 is 0 Å². The van der Waals surface area contributed by atoms with Gasteiger partial charge in [0.05, 0.1) is 21.6 Å². The van der Waals surface area contributed by atoms with Gasteiger partial charge < -0.3 is 10.6 Å². The second kappa shape index (κ2) is 4.62. The fraction of sp³-hybridized carbons (Fsp3) is 0.562. The molecular weight excluding hydrogens is 266 g/mol. The third-order valence-electron chi connectivity index (χ3n) is 5.35. The zero-order valence-corrected chi connectivity index (χ0v) is 12.6. The van der Waals surface area contributed by atoms with Gasteiger partial charge in [-0.2, -0.15) is 0 Å². The van der Waals surface area contributed by atoms with Crippen molar-refractivity contribution >= 4 is 32.9 Å². The fourth-order valence-corrected chi connectivity index (χ4v) is 4.76. The first-order valence-electron chi connectivity index (χ1n) is 7.64. The van der Waals surface area contributed by atoms with Gasteiger partial charge in [0.15, 0.2) is 0 Å². The summed E-state index contributed by atoms with van der Waals surface area (Å²) in [5, 5.41) is 0. The van der Waals surface area contributed by atoms with Crippen molar-refractivity contribution in [2.24, 2.45) is 5.41 Å². The van der Waals surface area contributed by atoms with Crippen molar-refractivity contribution < 1.29 is 0 Å². The van der Waals surface area contributed by atoms with Gasteiger partial charge in [0.1, 0.15) is 5.52 Å². The number of piperidine rings is 1. The largest absolute Gasteiger partial charge is 0.395 e. The number of nitrogens with two attached hydrogens (primary N) is 1. The van der Waals surface area contributed by atoms with Crippen molar-refractivity contribution in [2.45, 2.75) is 38.5 Å². The Labute approximate surface area is 123 Å². The van der Waals surface area contributed by atoms with E-state index >= 15 is 0 Å². The molecule has 2 N–H and O–H groups in total. The maximum absolute atomic E-state index is 6.34. The summed E-state index contributed by atoms with van der Waals surface area (Å²) < 4.78 is 1.19. The third-order valence-corrected chi connectivity index (χ3v) is 6.14. The van der Waals surface area contributed by atoms with Crippen LogP contribution in [0.25, 0.3) is 10.2 Å². The summed E-state index contributed by atoms with van der Waals surface area (Å²) in [4.78, 5) is 6.88. The average molecular weight is 287 g/mol. The Balaban J connectivity index is 1.59. The Bertz CT molecular complexity index is 618. The Morgan fingerprint density at radius 1 is 1.10 bits per heavy atom. The fourth-order valence-electron chi connectivity index (χ4n) is 4.06. The lowest BCUT2D eigenvalue weighted by molar-refractivity contribution is 0.226. The highest BCUT2D eigenvalue weighted by Crippen LogP contribution is 2.47. The van der Waals surface area contributed by atoms with E-state index in [1.54, 1.807) is 11.3 Å². The van der Waals surface area contributed by atoms with Crippen LogP contribution in [0.4, 0.5) is 11.4 Å². The monoisotopic (exact) mass is 287 g/mol. The van der Waals surface area contributed by atoms with Crippen LogP contribution in [0.3, 0.4) is 0 Å². The predicted molar refractivity (Wildman–Crippen MR) is 86.4 cm³/mol. The molecule has 106 valence electrons. The molecular formula is C16H21N3S. The van der Waals surface area contributed by atoms with E-state index in [0.29, 0.717) is 5.41 Å². The number of anilines is 2. The average Bonchev–Trinajstić information content (AvgIpc) is 3.11. The molecule has 2 aromatic rings. The van der Waals surface area contributed by atoms with Gasteiger partial charge in [-0.3, -0.25) is 0 Å². The molecule has 4 rings (SSSR count). The number of nitrogens with zero attached hydrogens (tertiary/aromatic N) is 2. The quantitative estimate of drug-likeness (QED) is 0.805. The molecule has 1 saturated carbocycles. The highest BCUT2D eigenvalue weighted by Gasteiger charge is 2.37. The van der Waals surface area contributed by atoms with Crippen LogP contribution in [0.2, 0.25) is 0 Å². The first-order chi connectivity index (χ1) is 9.77. The van der Waals surface area contributed by atoms with Gasteiger partial charge in [0.2, 0.25) is 0 Å². The van der Waals surface area contributed by atoms with Crippen molar-refractivity contribution in [3.63, 3.8) is 0 Å². The van der Waals surface area contributed by atoms with E-state index in [2.05, 4.69) is 22.0 Å². The lowest BCUT2D eigenvalue weighted by atomic mass is 9.77. The zero-order chi connectivity index (χ0) is 13.6. The zero-order valence-electron chi connectivity index (χ0n) is 11.8. The van der Waals surface area contributed by atoms with Crippen LogP contribution in [0.1, 0.15) is 38.5 Å². The molecule has 1 aliphatic carbocycles. The van der Waals surface area contributed by atoms with Gasteiger partial charge in [0.25, 0.3) is 0 Å². The minimum absolute atomic E-state index is 0.663. The Morgan fingerprint density at radius 2 is 1.85 bits per heavy atom. The van der Waals surface area contributed by atoms with Gasteiger partial charge in [-0.25, -0.2) is 4.98 Å². The standard InChI is InChI=1S/C16H21N3S/c17-14-12(3-4-13-15(14)18-11-20-13)19-9-7-16(8-10-19)5-1-2-6-16/h3-4,11H,1-2,5-10,17H2. The van der Waals surface area contributed by atoms with E-state index in [9.17, 15) is 0 Å². The lowest BCUT2D eigenvalue weighted by Gasteiger charge is -2.40. The van der Waals surface area contributed by atoms with E-state index in [1.807, 2.05) is 5.51 Å². The van der Waals surface area contributed by atoms with Crippen LogP contribution in [0.5, 0.6) is 0 Å². The SMILES string of the molecule is Nc1c(N2CCC3(CCCC3)CC2)ccc2scnc12. The number of hydrogen-bond acceptors (Lipinski definition) is 4. The van der Waals surface area contributed by atoms with Crippen LogP contribution >= 0.6 is 11.3 Å². The van der Waals surface area contributed by atoms with Gasteiger partial charge in [-0.1, -0.05) is 12.8 Å². The van der Waals surface area contributed by atoms with Crippen LogP contribution in [-0.4, -0.2) is 18.1 Å². The maximum atomic E-state index is 6.34. The molecule has 1 spiro atoms. The topological polar surface area (TPSA) is 42.1 Å². The normalized spacial score (nSPS) is 21.9. The van der Waals surface area contributed by atoms with Crippen molar-refractivity contribution in [3.05, 3.63) is 17.6 Å². The summed E-state index contributed by atoms with van der Waals surface area (Å²) in [7, 11) is 0. The van der Waals surface area contributed by atoms with Crippen molar-refractivity contribution in [2.75, 3.05) is 23.7 Å². The summed E-state index contributed by atoms with van der Waals surface area (Å²) in [5.41, 5.74) is 11.9. The highest BCUT2D eigenvalue weighted by atomic mass is 32.1. The Hall–Kier alpha value is -1.29. The second-order valence-corrected chi connectivity index (χ2v) is 7.28. The molecule has 0 atom stereocenters. The van der Waals surface area contributed by atoms with Gasteiger partial charge in [-0.05, 0) is 43.2 Å². The molecule has 0 unspecified atom stereocenters. The van der Waals surface area contributed by atoms with E-state index in [1.165, 1.54) is 48.9 Å². The maximum Gasteiger partial charge on any atom is 0.106 e. The number of fused-ring (bicyclic) bond motifs is 1. The molecule has 0 amide bonds. The van der Waals surface area contributed by atoms with Crippen LogP contribution in [0, 0.1) is 5.41 Å². The van der Waals surface area contributed by atoms with Crippen molar-refractivity contribution in [1.29, 1.82) is 0 Å². The molecule has 0 radical (unpaired) electrons. The molecule has 3 nitrogen and oxygen atoms in total. The minimum atomic E-state index is 0.663. The summed E-state index contributed by atoms with van der Waals surface area (Å²) in [6, 6.07) is 4.35. The lowest BCUT2D eigenvalue weighted by Crippen LogP contribution is -2.39. The van der Waals surface area contributed by atoms with E-state index in [0.717, 1.165) is 24.3 Å². The molecule has 2 aliphatic rings. The van der Waals surface area contributed by atoms with Gasteiger partial charge in [-0.15, -0.1) is 11.3 Å². The van der Waals surface area contributed by atoms with Crippen molar-refractivity contribution in [3.8, 4) is 0 Å². The van der Waals surface area contributed by atoms with Crippen molar-refractivity contribution in [1.82, 2.24) is 4.98 Å². The number of benzene rings is 1. The van der Waals surface area contributed by atoms with Crippen LogP contribution in [0.15, 0.2) is 17.6 Å². The molecule has 1 aromatic carbocycles. The predicted octanol–water partition coefficient (Wildman–Crippen LogP) is 4.04. The van der Waals surface area contributed by atoms with Crippen LogP contribution < -0.4 is 10.6 Å². The second-order valence-electron chi connectivity index (χ2n) is 6.39. The first-order valence-corrected chi connectivity index (χ1v) is 8.52. The Morgan fingerprint density at radius 3 is 2.60 bits per heavy atom. The third kappa shape index (κ3) is 1.89. The molecule has 4 heteroatoms. The molecule has 2 fully saturated rings. The summed E-state index contributed by atoms with van der Waals surface area (Å²) in [6.45, 7) is 2.31. The molecule has 1 aromatic heterocycles.